The molecule has 0 aliphatic carbocycles. The van der Waals surface area contributed by atoms with Crippen molar-refractivity contribution >= 4 is 23.2 Å². The van der Waals surface area contributed by atoms with Crippen molar-refractivity contribution in [1.29, 1.82) is 0 Å². The van der Waals surface area contributed by atoms with Crippen molar-refractivity contribution < 1.29 is 9.59 Å². The van der Waals surface area contributed by atoms with Crippen LogP contribution >= 0.6 is 0 Å². The summed E-state index contributed by atoms with van der Waals surface area (Å²) in [5.74, 6) is -0.374. The second-order valence-electron chi connectivity index (χ2n) is 5.03. The molecule has 116 valence electrons. The van der Waals surface area contributed by atoms with Gasteiger partial charge in [0.1, 0.15) is 0 Å². The van der Waals surface area contributed by atoms with Crippen LogP contribution in [-0.2, 0) is 4.79 Å². The van der Waals surface area contributed by atoms with Crippen molar-refractivity contribution in [3.05, 3.63) is 23.8 Å². The van der Waals surface area contributed by atoms with E-state index in [9.17, 15) is 9.59 Å². The van der Waals surface area contributed by atoms with E-state index < -0.39 is 0 Å². The zero-order valence-corrected chi connectivity index (χ0v) is 13.1. The minimum absolute atomic E-state index is 0.0367. The minimum Gasteiger partial charge on any atom is -0.399 e. The highest BCUT2D eigenvalue weighted by molar-refractivity contribution is 6.00. The minimum atomic E-state index is -0.191. The standard InChI is InChI=1S/C15H24N4O2/c1-5-18-15(21)12-7-6-11(16)8-13(12)19(4)9-10(2)14(20)17-3/h6-8,10H,5,9,16H2,1-4H3,(H,17,20)(H,18,21). The van der Waals surface area contributed by atoms with Gasteiger partial charge in [-0.15, -0.1) is 0 Å². The highest BCUT2D eigenvalue weighted by Gasteiger charge is 2.18. The summed E-state index contributed by atoms with van der Waals surface area (Å²) in [5.41, 5.74) is 7.67. The largest absolute Gasteiger partial charge is 0.399 e. The molecule has 0 fully saturated rings. The van der Waals surface area contributed by atoms with Gasteiger partial charge >= 0.3 is 0 Å². The molecule has 1 atom stereocenters. The first kappa shape index (κ1) is 16.8. The van der Waals surface area contributed by atoms with Gasteiger partial charge in [0.2, 0.25) is 5.91 Å². The predicted molar refractivity (Wildman–Crippen MR) is 85.4 cm³/mol. The lowest BCUT2D eigenvalue weighted by Gasteiger charge is -2.25. The van der Waals surface area contributed by atoms with E-state index in [4.69, 9.17) is 5.73 Å². The summed E-state index contributed by atoms with van der Waals surface area (Å²) in [5, 5.41) is 5.40. The molecule has 0 radical (unpaired) electrons. The van der Waals surface area contributed by atoms with Crippen LogP contribution in [0.4, 0.5) is 11.4 Å². The van der Waals surface area contributed by atoms with Crippen LogP contribution in [0.25, 0.3) is 0 Å². The summed E-state index contributed by atoms with van der Waals surface area (Å²) in [6, 6.07) is 5.15. The van der Waals surface area contributed by atoms with Gasteiger partial charge in [0.15, 0.2) is 0 Å². The van der Waals surface area contributed by atoms with Gasteiger partial charge in [0, 0.05) is 32.9 Å². The van der Waals surface area contributed by atoms with E-state index >= 15 is 0 Å². The van der Waals surface area contributed by atoms with Crippen molar-refractivity contribution in [2.75, 3.05) is 37.8 Å². The fourth-order valence-corrected chi connectivity index (χ4v) is 2.15. The fraction of sp³-hybridized carbons (Fsp3) is 0.467. The number of nitrogens with two attached hydrogens (primary N) is 1. The maximum atomic E-state index is 12.1. The van der Waals surface area contributed by atoms with E-state index in [0.29, 0.717) is 24.3 Å². The predicted octanol–water partition coefficient (Wildman–Crippen LogP) is 0.837. The van der Waals surface area contributed by atoms with Gasteiger partial charge < -0.3 is 21.3 Å². The van der Waals surface area contributed by atoms with Gasteiger partial charge in [-0.05, 0) is 25.1 Å². The molecule has 0 spiro atoms. The molecule has 21 heavy (non-hydrogen) atoms. The molecule has 4 N–H and O–H groups in total. The van der Waals surface area contributed by atoms with Gasteiger partial charge in [0.05, 0.1) is 17.2 Å². The molecule has 1 rings (SSSR count). The molecule has 1 unspecified atom stereocenters. The molecule has 0 heterocycles. The van der Waals surface area contributed by atoms with Crippen LogP contribution in [0, 0.1) is 5.92 Å². The van der Waals surface area contributed by atoms with Crippen molar-refractivity contribution in [3.63, 3.8) is 0 Å². The Morgan fingerprint density at radius 1 is 1.38 bits per heavy atom. The fourth-order valence-electron chi connectivity index (χ4n) is 2.15. The number of hydrogen-bond acceptors (Lipinski definition) is 4. The Labute approximate surface area is 125 Å². The normalized spacial score (nSPS) is 11.6. The number of amides is 2. The number of carbonyl (C=O) groups excluding carboxylic acids is 2. The molecule has 1 aromatic rings. The number of nitrogens with one attached hydrogen (secondary N) is 2. The average molecular weight is 292 g/mol. The van der Waals surface area contributed by atoms with Gasteiger partial charge in [0.25, 0.3) is 5.91 Å². The third kappa shape index (κ3) is 4.37. The Morgan fingerprint density at radius 3 is 2.62 bits per heavy atom. The molecule has 0 saturated carbocycles. The van der Waals surface area contributed by atoms with Crippen LogP contribution in [0.3, 0.4) is 0 Å². The van der Waals surface area contributed by atoms with E-state index in [1.807, 2.05) is 25.8 Å². The average Bonchev–Trinajstić information content (AvgIpc) is 2.46. The highest BCUT2D eigenvalue weighted by atomic mass is 16.2. The Bertz CT molecular complexity index is 516. The van der Waals surface area contributed by atoms with Gasteiger partial charge in [-0.1, -0.05) is 6.92 Å². The second-order valence-corrected chi connectivity index (χ2v) is 5.03. The molecule has 0 aliphatic rings. The van der Waals surface area contributed by atoms with Crippen LogP contribution in [-0.4, -0.2) is 39.0 Å². The molecular formula is C15H24N4O2. The number of carbonyl (C=O) groups is 2. The third-order valence-electron chi connectivity index (χ3n) is 3.26. The number of nitrogens with zero attached hydrogens (tertiary/aromatic N) is 1. The number of hydrogen-bond donors (Lipinski definition) is 3. The zero-order chi connectivity index (χ0) is 16.0. The van der Waals surface area contributed by atoms with Crippen LogP contribution in [0.1, 0.15) is 24.2 Å². The molecule has 1 aromatic carbocycles. The van der Waals surface area contributed by atoms with Gasteiger partial charge in [-0.25, -0.2) is 0 Å². The van der Waals surface area contributed by atoms with Crippen molar-refractivity contribution in [2.24, 2.45) is 5.92 Å². The smallest absolute Gasteiger partial charge is 0.253 e. The van der Waals surface area contributed by atoms with E-state index in [1.165, 1.54) is 0 Å². The van der Waals surface area contributed by atoms with Crippen molar-refractivity contribution in [1.82, 2.24) is 10.6 Å². The van der Waals surface area contributed by atoms with E-state index in [-0.39, 0.29) is 17.7 Å². The Morgan fingerprint density at radius 2 is 2.05 bits per heavy atom. The Hall–Kier alpha value is -2.24. The summed E-state index contributed by atoms with van der Waals surface area (Å²) in [7, 11) is 3.45. The van der Waals surface area contributed by atoms with Crippen LogP contribution in [0.15, 0.2) is 18.2 Å². The van der Waals surface area contributed by atoms with E-state index in [2.05, 4.69) is 10.6 Å². The van der Waals surface area contributed by atoms with Crippen LogP contribution in [0.2, 0.25) is 0 Å². The number of rotatable bonds is 6. The first-order valence-electron chi connectivity index (χ1n) is 7.01. The maximum absolute atomic E-state index is 12.1. The molecule has 0 aromatic heterocycles. The van der Waals surface area contributed by atoms with Crippen LogP contribution in [0.5, 0.6) is 0 Å². The van der Waals surface area contributed by atoms with E-state index in [0.717, 1.165) is 5.69 Å². The summed E-state index contributed by atoms with van der Waals surface area (Å²) in [6.07, 6.45) is 0. The SMILES string of the molecule is CCNC(=O)c1ccc(N)cc1N(C)CC(C)C(=O)NC. The number of anilines is 2. The second kappa shape index (κ2) is 7.52. The highest BCUT2D eigenvalue weighted by Crippen LogP contribution is 2.23. The molecule has 0 saturated heterocycles. The van der Waals surface area contributed by atoms with E-state index in [1.54, 1.807) is 25.2 Å². The quantitative estimate of drug-likeness (QED) is 0.678. The molecule has 0 bridgehead atoms. The first-order valence-corrected chi connectivity index (χ1v) is 7.01. The molecule has 0 aliphatic heterocycles. The number of nitrogen functional groups attached to an aromatic ring is 1. The topological polar surface area (TPSA) is 87.5 Å². The van der Waals surface area contributed by atoms with Crippen molar-refractivity contribution in [2.45, 2.75) is 13.8 Å². The third-order valence-corrected chi connectivity index (χ3v) is 3.26. The molecule has 2 amide bonds. The lowest BCUT2D eigenvalue weighted by Crippen LogP contribution is -2.35. The maximum Gasteiger partial charge on any atom is 0.253 e. The number of benzene rings is 1. The monoisotopic (exact) mass is 292 g/mol. The Balaban J connectivity index is 3.01. The zero-order valence-electron chi connectivity index (χ0n) is 13.1. The lowest BCUT2D eigenvalue weighted by molar-refractivity contribution is -0.123. The summed E-state index contributed by atoms with van der Waals surface area (Å²) >= 11 is 0. The van der Waals surface area contributed by atoms with Crippen LogP contribution < -0.4 is 21.3 Å². The summed E-state index contributed by atoms with van der Waals surface area (Å²) in [6.45, 7) is 4.76. The molecule has 6 nitrogen and oxygen atoms in total. The molecule has 6 heteroatoms. The van der Waals surface area contributed by atoms with Crippen molar-refractivity contribution in [3.8, 4) is 0 Å². The molecular weight excluding hydrogens is 268 g/mol. The van der Waals surface area contributed by atoms with Gasteiger partial charge in [-0.3, -0.25) is 9.59 Å². The lowest BCUT2D eigenvalue weighted by atomic mass is 10.1. The first-order chi connectivity index (χ1) is 9.90. The summed E-state index contributed by atoms with van der Waals surface area (Å²) in [4.78, 5) is 25.6. The Kier molecular flexibility index (Phi) is 6.02. The summed E-state index contributed by atoms with van der Waals surface area (Å²) < 4.78 is 0. The van der Waals surface area contributed by atoms with Gasteiger partial charge in [-0.2, -0.15) is 0 Å².